The number of nitrogens with one attached hydrogen (secondary N) is 1. The number of non-ortho nitro benzene ring substituents is 1. The molecule has 178 valence electrons. The molecule has 0 aliphatic heterocycles. The van der Waals surface area contributed by atoms with Crippen LogP contribution in [0.15, 0.2) is 84.3 Å². The number of nitro benzene ring substituents is 1. The van der Waals surface area contributed by atoms with E-state index in [4.69, 9.17) is 9.47 Å². The average Bonchev–Trinajstić information content (AvgIpc) is 3.34. The number of para-hydroxylation sites is 1. The molecule has 0 saturated carbocycles. The monoisotopic (exact) mass is 491 g/mol. The summed E-state index contributed by atoms with van der Waals surface area (Å²) in [6, 6.07) is 20.4. The number of carbonyl (C=O) groups excluding carboxylic acids is 1. The van der Waals surface area contributed by atoms with Crippen LogP contribution in [0.4, 0.5) is 11.4 Å². The van der Waals surface area contributed by atoms with Crippen LogP contribution >= 0.6 is 11.8 Å². The minimum Gasteiger partial charge on any atom is -0.494 e. The first-order valence-electron chi connectivity index (χ1n) is 10.6. The number of amides is 1. The molecule has 0 saturated heterocycles. The standard InChI is InChI=1S/C24H21N5O5S/c1-2-33-20-8-10-21(11-9-20)34-22-13-17(12-19(14-22)29(31)32)26-23(30)15-35-24-25-16-28(27-24)18-6-4-3-5-7-18/h3-14,16H,2,15H2,1H3,(H,26,30). The van der Waals surface area contributed by atoms with E-state index in [1.54, 1.807) is 35.3 Å². The number of carbonyl (C=O) groups is 1. The molecule has 1 amide bonds. The Morgan fingerprint density at radius 1 is 1.06 bits per heavy atom. The van der Waals surface area contributed by atoms with Gasteiger partial charge in [0.2, 0.25) is 11.1 Å². The summed E-state index contributed by atoms with van der Waals surface area (Å²) in [6.07, 6.45) is 1.57. The third-order valence-electron chi connectivity index (χ3n) is 4.58. The smallest absolute Gasteiger partial charge is 0.275 e. The number of aromatic nitrogens is 3. The van der Waals surface area contributed by atoms with Gasteiger partial charge in [-0.05, 0) is 43.3 Å². The Morgan fingerprint density at radius 2 is 1.80 bits per heavy atom. The number of rotatable bonds is 10. The minimum atomic E-state index is -0.546. The molecule has 1 heterocycles. The molecule has 1 aromatic heterocycles. The molecule has 0 radical (unpaired) electrons. The zero-order chi connectivity index (χ0) is 24.6. The summed E-state index contributed by atoms with van der Waals surface area (Å²) in [4.78, 5) is 27.5. The quantitative estimate of drug-likeness (QED) is 0.185. The highest BCUT2D eigenvalue weighted by molar-refractivity contribution is 7.99. The second-order valence-electron chi connectivity index (χ2n) is 7.12. The van der Waals surface area contributed by atoms with Crippen molar-refractivity contribution in [1.29, 1.82) is 0 Å². The summed E-state index contributed by atoms with van der Waals surface area (Å²) in [5, 5.41) is 18.8. The van der Waals surface area contributed by atoms with E-state index in [2.05, 4.69) is 15.4 Å². The van der Waals surface area contributed by atoms with Gasteiger partial charge in [-0.3, -0.25) is 14.9 Å². The molecule has 0 bridgehead atoms. The summed E-state index contributed by atoms with van der Waals surface area (Å²) >= 11 is 1.15. The number of hydrogen-bond acceptors (Lipinski definition) is 8. The van der Waals surface area contributed by atoms with E-state index in [0.717, 1.165) is 17.4 Å². The molecule has 35 heavy (non-hydrogen) atoms. The fraction of sp³-hybridized carbons (Fsp3) is 0.125. The average molecular weight is 492 g/mol. The molecular formula is C24H21N5O5S. The first-order valence-corrected chi connectivity index (χ1v) is 11.6. The number of anilines is 1. The predicted molar refractivity (Wildman–Crippen MR) is 131 cm³/mol. The van der Waals surface area contributed by atoms with Crippen LogP contribution in [-0.2, 0) is 4.79 Å². The van der Waals surface area contributed by atoms with E-state index in [1.807, 2.05) is 37.3 Å². The van der Waals surface area contributed by atoms with Crippen LogP contribution in [0.2, 0.25) is 0 Å². The lowest BCUT2D eigenvalue weighted by Gasteiger charge is -2.10. The van der Waals surface area contributed by atoms with Gasteiger partial charge in [-0.2, -0.15) is 0 Å². The van der Waals surface area contributed by atoms with Gasteiger partial charge in [0.25, 0.3) is 5.69 Å². The molecule has 3 aromatic carbocycles. The molecule has 0 atom stereocenters. The topological polar surface area (TPSA) is 121 Å². The van der Waals surface area contributed by atoms with Crippen LogP contribution in [0.3, 0.4) is 0 Å². The van der Waals surface area contributed by atoms with Crippen molar-refractivity contribution < 1.29 is 19.2 Å². The number of hydrogen-bond donors (Lipinski definition) is 1. The summed E-state index contributed by atoms with van der Waals surface area (Å²) < 4.78 is 12.8. The number of nitrogens with zero attached hydrogens (tertiary/aromatic N) is 4. The molecule has 1 N–H and O–H groups in total. The Bertz CT molecular complexity index is 1310. The van der Waals surface area contributed by atoms with Crippen molar-refractivity contribution in [3.63, 3.8) is 0 Å². The van der Waals surface area contributed by atoms with Gasteiger partial charge in [-0.15, -0.1) is 5.10 Å². The Balaban J connectivity index is 1.40. The molecule has 0 unspecified atom stereocenters. The third-order valence-corrected chi connectivity index (χ3v) is 5.43. The molecule has 11 heteroatoms. The fourth-order valence-corrected chi connectivity index (χ4v) is 3.67. The van der Waals surface area contributed by atoms with Crippen LogP contribution in [0.25, 0.3) is 5.69 Å². The number of ether oxygens (including phenoxy) is 2. The fourth-order valence-electron chi connectivity index (χ4n) is 3.07. The summed E-state index contributed by atoms with van der Waals surface area (Å²) in [5.41, 5.74) is 0.890. The summed E-state index contributed by atoms with van der Waals surface area (Å²) in [5.74, 6) is 1.04. The highest BCUT2D eigenvalue weighted by Gasteiger charge is 2.14. The van der Waals surface area contributed by atoms with E-state index < -0.39 is 4.92 Å². The van der Waals surface area contributed by atoms with Gasteiger partial charge in [0.1, 0.15) is 23.6 Å². The van der Waals surface area contributed by atoms with Crippen LogP contribution in [0.5, 0.6) is 17.2 Å². The minimum absolute atomic E-state index is 0.0244. The van der Waals surface area contributed by atoms with Crippen molar-refractivity contribution in [2.75, 3.05) is 17.7 Å². The molecule has 4 rings (SSSR count). The summed E-state index contributed by atoms with van der Waals surface area (Å²) in [6.45, 7) is 2.42. The van der Waals surface area contributed by atoms with Gasteiger partial charge in [-0.1, -0.05) is 30.0 Å². The van der Waals surface area contributed by atoms with Crippen LogP contribution < -0.4 is 14.8 Å². The van der Waals surface area contributed by atoms with Crippen LogP contribution in [0, 0.1) is 10.1 Å². The predicted octanol–water partition coefficient (Wildman–Crippen LogP) is 5.10. The van der Waals surface area contributed by atoms with E-state index in [1.165, 1.54) is 18.2 Å². The third kappa shape index (κ3) is 6.58. The maximum Gasteiger partial charge on any atom is 0.275 e. The Hall–Kier alpha value is -4.38. The second-order valence-corrected chi connectivity index (χ2v) is 8.07. The Labute approximate surface area is 205 Å². The van der Waals surface area contributed by atoms with Gasteiger partial charge in [0.15, 0.2) is 0 Å². The number of thioether (sulfide) groups is 1. The largest absolute Gasteiger partial charge is 0.494 e. The van der Waals surface area contributed by atoms with E-state index in [-0.39, 0.29) is 28.8 Å². The highest BCUT2D eigenvalue weighted by Crippen LogP contribution is 2.30. The van der Waals surface area contributed by atoms with Gasteiger partial charge in [0.05, 0.1) is 34.7 Å². The molecule has 4 aromatic rings. The van der Waals surface area contributed by atoms with Gasteiger partial charge < -0.3 is 14.8 Å². The maximum atomic E-state index is 12.5. The molecule has 10 nitrogen and oxygen atoms in total. The molecule has 0 aliphatic rings. The second kappa shape index (κ2) is 11.2. The lowest BCUT2D eigenvalue weighted by molar-refractivity contribution is -0.384. The Kier molecular flexibility index (Phi) is 7.58. The lowest BCUT2D eigenvalue weighted by Crippen LogP contribution is -2.14. The maximum absolute atomic E-state index is 12.5. The molecular weight excluding hydrogens is 470 g/mol. The lowest BCUT2D eigenvalue weighted by atomic mass is 10.2. The van der Waals surface area contributed by atoms with E-state index in [9.17, 15) is 14.9 Å². The first-order chi connectivity index (χ1) is 17.0. The van der Waals surface area contributed by atoms with Gasteiger partial charge in [0, 0.05) is 12.1 Å². The number of benzene rings is 3. The van der Waals surface area contributed by atoms with Crippen LogP contribution in [-0.4, -0.2) is 38.0 Å². The van der Waals surface area contributed by atoms with Crippen molar-refractivity contribution in [1.82, 2.24) is 14.8 Å². The van der Waals surface area contributed by atoms with Crippen molar-refractivity contribution in [3.05, 3.63) is 89.2 Å². The van der Waals surface area contributed by atoms with Crippen molar-refractivity contribution >= 4 is 29.0 Å². The van der Waals surface area contributed by atoms with Crippen LogP contribution in [0.1, 0.15) is 6.92 Å². The summed E-state index contributed by atoms with van der Waals surface area (Å²) in [7, 11) is 0. The van der Waals surface area contributed by atoms with Gasteiger partial charge in [-0.25, -0.2) is 9.67 Å². The van der Waals surface area contributed by atoms with Crippen molar-refractivity contribution in [3.8, 4) is 22.9 Å². The van der Waals surface area contributed by atoms with Crippen molar-refractivity contribution in [2.45, 2.75) is 12.1 Å². The van der Waals surface area contributed by atoms with E-state index >= 15 is 0 Å². The number of nitro groups is 1. The molecule has 0 fully saturated rings. The SMILES string of the molecule is CCOc1ccc(Oc2cc(NC(=O)CSc3ncn(-c4ccccc4)n3)cc([N+](=O)[O-])c2)cc1. The van der Waals surface area contributed by atoms with Gasteiger partial charge >= 0.3 is 0 Å². The molecule has 0 spiro atoms. The molecule has 0 aliphatic carbocycles. The zero-order valence-electron chi connectivity index (χ0n) is 18.7. The van der Waals surface area contributed by atoms with E-state index in [0.29, 0.717) is 23.3 Å². The zero-order valence-corrected chi connectivity index (χ0v) is 19.5. The normalized spacial score (nSPS) is 10.5. The van der Waals surface area contributed by atoms with Crippen molar-refractivity contribution in [2.24, 2.45) is 0 Å². The highest BCUT2D eigenvalue weighted by atomic mass is 32.2. The Morgan fingerprint density at radius 3 is 2.51 bits per heavy atom. The first kappa shape index (κ1) is 23.8.